The quantitative estimate of drug-likeness (QED) is 0.389. The molecule has 0 aromatic heterocycles. The van der Waals surface area contributed by atoms with Crippen LogP contribution in [0.25, 0.3) is 0 Å². The molecule has 5 heteroatoms. The number of nitrogens with two attached hydrogens (primary N) is 1. The average molecular weight is 131 g/mol. The van der Waals surface area contributed by atoms with Crippen LogP contribution in [0.3, 0.4) is 0 Å². The Bertz CT molecular complexity index is 90.9. The van der Waals surface area contributed by atoms with Crippen LogP contribution in [0.5, 0.6) is 0 Å². The SMILES string of the molecule is C1CO[B-]2([NH2+]1)OCCO2. The molecule has 52 valence electrons. The van der Waals surface area contributed by atoms with Gasteiger partial charge in [0.1, 0.15) is 0 Å². The zero-order valence-electron chi connectivity index (χ0n) is 5.21. The first-order chi connectivity index (χ1) is 4.41. The lowest BCUT2D eigenvalue weighted by molar-refractivity contribution is -0.548. The fourth-order valence-electron chi connectivity index (χ4n) is 1.28. The lowest BCUT2D eigenvalue weighted by atomic mass is 10.0. The summed E-state index contributed by atoms with van der Waals surface area (Å²) in [6, 6.07) is 0. The van der Waals surface area contributed by atoms with Crippen molar-refractivity contribution in [2.45, 2.75) is 0 Å². The Morgan fingerprint density at radius 1 is 1.00 bits per heavy atom. The molecule has 0 unspecified atom stereocenters. The molecule has 0 aromatic rings. The van der Waals surface area contributed by atoms with E-state index in [1.54, 1.807) is 0 Å². The van der Waals surface area contributed by atoms with Crippen LogP contribution in [0.4, 0.5) is 0 Å². The van der Waals surface area contributed by atoms with Crippen LogP contribution < -0.4 is 5.23 Å². The Hall–Kier alpha value is -0.0951. The molecule has 0 atom stereocenters. The van der Waals surface area contributed by atoms with Crippen LogP contribution >= 0.6 is 0 Å². The second-order valence-corrected chi connectivity index (χ2v) is 2.33. The summed E-state index contributed by atoms with van der Waals surface area (Å²) in [4.78, 5) is 0. The molecule has 2 aliphatic heterocycles. The largest absolute Gasteiger partial charge is 0.622 e. The van der Waals surface area contributed by atoms with Gasteiger partial charge in [0.15, 0.2) is 0 Å². The van der Waals surface area contributed by atoms with Gasteiger partial charge < -0.3 is 19.2 Å². The molecule has 0 saturated carbocycles. The minimum atomic E-state index is -1.35. The van der Waals surface area contributed by atoms with Crippen molar-refractivity contribution in [2.24, 2.45) is 0 Å². The van der Waals surface area contributed by atoms with E-state index >= 15 is 0 Å². The molecule has 2 fully saturated rings. The summed E-state index contributed by atoms with van der Waals surface area (Å²) in [5.41, 5.74) is 0. The monoisotopic (exact) mass is 131 g/mol. The van der Waals surface area contributed by atoms with E-state index in [1.807, 2.05) is 5.23 Å². The van der Waals surface area contributed by atoms with Gasteiger partial charge in [0.25, 0.3) is 0 Å². The number of hydrogen-bond donors (Lipinski definition) is 1. The van der Waals surface area contributed by atoms with Gasteiger partial charge in [-0.05, 0) is 0 Å². The van der Waals surface area contributed by atoms with E-state index < -0.39 is 6.89 Å². The van der Waals surface area contributed by atoms with Crippen LogP contribution in [0.1, 0.15) is 0 Å². The molecular formula is C4H10BNO3. The van der Waals surface area contributed by atoms with Crippen LogP contribution in [-0.2, 0) is 14.0 Å². The summed E-state index contributed by atoms with van der Waals surface area (Å²) in [5, 5.41) is 1.99. The lowest BCUT2D eigenvalue weighted by Crippen LogP contribution is -2.98. The van der Waals surface area contributed by atoms with Crippen LogP contribution in [-0.4, -0.2) is 33.3 Å². The third-order valence-corrected chi connectivity index (χ3v) is 1.71. The van der Waals surface area contributed by atoms with Crippen molar-refractivity contribution in [1.82, 2.24) is 0 Å². The Morgan fingerprint density at radius 2 is 1.67 bits per heavy atom. The summed E-state index contributed by atoms with van der Waals surface area (Å²) >= 11 is 0. The highest BCUT2D eigenvalue weighted by Crippen LogP contribution is 2.09. The summed E-state index contributed by atoms with van der Waals surface area (Å²) in [6.07, 6.45) is 0. The predicted octanol–water partition coefficient (Wildman–Crippen LogP) is -1.94. The van der Waals surface area contributed by atoms with E-state index in [-0.39, 0.29) is 0 Å². The minimum Gasteiger partial charge on any atom is -0.484 e. The van der Waals surface area contributed by atoms with E-state index in [4.69, 9.17) is 14.0 Å². The summed E-state index contributed by atoms with van der Waals surface area (Å²) in [6.45, 7) is 1.72. The van der Waals surface area contributed by atoms with Crippen LogP contribution in [0, 0.1) is 0 Å². The van der Waals surface area contributed by atoms with Gasteiger partial charge in [-0.25, -0.2) is 0 Å². The van der Waals surface area contributed by atoms with Crippen molar-refractivity contribution < 1.29 is 19.2 Å². The molecule has 0 aliphatic carbocycles. The highest BCUT2D eigenvalue weighted by Gasteiger charge is 2.44. The van der Waals surface area contributed by atoms with E-state index in [9.17, 15) is 0 Å². The molecule has 0 radical (unpaired) electrons. The predicted molar refractivity (Wildman–Crippen MR) is 30.4 cm³/mol. The van der Waals surface area contributed by atoms with Crippen molar-refractivity contribution in [3.05, 3.63) is 0 Å². The summed E-state index contributed by atoms with van der Waals surface area (Å²) in [7, 11) is 0. The third kappa shape index (κ3) is 0.860. The highest BCUT2D eigenvalue weighted by molar-refractivity contribution is 6.51. The Labute approximate surface area is 53.5 Å². The lowest BCUT2D eigenvalue weighted by Gasteiger charge is -2.20. The smallest absolute Gasteiger partial charge is 0.484 e. The van der Waals surface area contributed by atoms with E-state index in [0.29, 0.717) is 13.2 Å². The molecule has 2 aliphatic rings. The summed E-state index contributed by atoms with van der Waals surface area (Å²) in [5.74, 6) is 0. The van der Waals surface area contributed by atoms with Gasteiger partial charge >= 0.3 is 6.89 Å². The highest BCUT2D eigenvalue weighted by atomic mass is 16.8. The number of quaternary nitrogens is 1. The normalized spacial score (nSPS) is 32.0. The first-order valence-electron chi connectivity index (χ1n) is 3.31. The second-order valence-electron chi connectivity index (χ2n) is 2.33. The zero-order chi connectivity index (χ0) is 6.16. The molecule has 2 saturated heterocycles. The Kier molecular flexibility index (Phi) is 1.23. The Balaban J connectivity index is 2.04. The molecule has 2 heterocycles. The molecule has 0 bridgehead atoms. The van der Waals surface area contributed by atoms with Gasteiger partial charge in [0, 0.05) is 13.2 Å². The number of hydrogen-bond acceptors (Lipinski definition) is 3. The van der Waals surface area contributed by atoms with Gasteiger partial charge in [0.2, 0.25) is 0 Å². The molecule has 9 heavy (non-hydrogen) atoms. The molecule has 2 N–H and O–H groups in total. The second kappa shape index (κ2) is 1.95. The zero-order valence-corrected chi connectivity index (χ0v) is 5.21. The van der Waals surface area contributed by atoms with E-state index in [1.165, 1.54) is 0 Å². The van der Waals surface area contributed by atoms with E-state index in [2.05, 4.69) is 0 Å². The van der Waals surface area contributed by atoms with Crippen molar-refractivity contribution in [1.29, 1.82) is 0 Å². The fourth-order valence-corrected chi connectivity index (χ4v) is 1.28. The molecule has 0 aromatic carbocycles. The van der Waals surface area contributed by atoms with E-state index in [0.717, 1.165) is 13.2 Å². The average Bonchev–Trinajstić information content (AvgIpc) is 2.45. The third-order valence-electron chi connectivity index (χ3n) is 1.71. The molecular weight excluding hydrogens is 121 g/mol. The Morgan fingerprint density at radius 3 is 2.22 bits per heavy atom. The van der Waals surface area contributed by atoms with Gasteiger partial charge in [0.05, 0.1) is 13.2 Å². The van der Waals surface area contributed by atoms with Gasteiger partial charge in [-0.2, -0.15) is 0 Å². The first kappa shape index (κ1) is 5.67. The van der Waals surface area contributed by atoms with Crippen LogP contribution in [0.2, 0.25) is 0 Å². The molecule has 1 spiro atoms. The van der Waals surface area contributed by atoms with Crippen molar-refractivity contribution in [3.8, 4) is 0 Å². The van der Waals surface area contributed by atoms with Crippen molar-refractivity contribution in [2.75, 3.05) is 26.4 Å². The standard InChI is InChI=1S/C4H10BNO3/c1-2-7-5(6-1)8-3-4-9-5/h1-4,6H2. The fraction of sp³-hybridized carbons (Fsp3) is 1.00. The molecule has 2 rings (SSSR count). The maximum Gasteiger partial charge on any atom is 0.622 e. The van der Waals surface area contributed by atoms with Gasteiger partial charge in [-0.3, -0.25) is 0 Å². The molecule has 0 amide bonds. The topological polar surface area (TPSA) is 44.3 Å². The molecule has 4 nitrogen and oxygen atoms in total. The van der Waals surface area contributed by atoms with Gasteiger partial charge in [-0.1, -0.05) is 0 Å². The minimum absolute atomic E-state index is 0.677. The van der Waals surface area contributed by atoms with Gasteiger partial charge in [-0.15, -0.1) is 0 Å². The van der Waals surface area contributed by atoms with Crippen molar-refractivity contribution >= 4 is 6.89 Å². The maximum absolute atomic E-state index is 5.26. The van der Waals surface area contributed by atoms with Crippen molar-refractivity contribution in [3.63, 3.8) is 0 Å². The summed E-state index contributed by atoms with van der Waals surface area (Å²) < 4.78 is 15.8. The number of rotatable bonds is 0. The maximum atomic E-state index is 5.26. The first-order valence-corrected chi connectivity index (χ1v) is 3.31. The van der Waals surface area contributed by atoms with Crippen LogP contribution in [0.15, 0.2) is 0 Å².